The van der Waals surface area contributed by atoms with Gasteiger partial charge in [0.15, 0.2) is 0 Å². The number of hydrogen-bond donors (Lipinski definition) is 1. The number of aromatic hydroxyl groups is 1. The van der Waals surface area contributed by atoms with Crippen LogP contribution in [0.5, 0.6) is 5.75 Å². The van der Waals surface area contributed by atoms with Crippen LogP contribution in [-0.4, -0.2) is 17.7 Å². The lowest BCUT2D eigenvalue weighted by Crippen LogP contribution is -2.30. The molecule has 2 atom stereocenters. The third kappa shape index (κ3) is 10.9. The summed E-state index contributed by atoms with van der Waals surface area (Å²) in [5, 5.41) is 9.89. The third-order valence-corrected chi connectivity index (χ3v) is 7.00. The summed E-state index contributed by atoms with van der Waals surface area (Å²) in [6.07, 6.45) is 12.7. The van der Waals surface area contributed by atoms with Crippen molar-refractivity contribution in [1.29, 1.82) is 0 Å². The molecule has 0 aliphatic carbocycles. The number of carbonyl (C=O) groups excluding carboxylic acids is 1. The largest absolute Gasteiger partial charge is 0.507 e. The first-order valence-corrected chi connectivity index (χ1v) is 12.9. The van der Waals surface area contributed by atoms with Crippen LogP contribution in [0.1, 0.15) is 123 Å². The van der Waals surface area contributed by atoms with Crippen LogP contribution in [0.3, 0.4) is 0 Å². The lowest BCUT2D eigenvalue weighted by Gasteiger charge is -2.39. The van der Waals surface area contributed by atoms with Crippen LogP contribution in [0.15, 0.2) is 24.3 Å². The zero-order chi connectivity index (χ0) is 24.2. The maximum Gasteiger partial charge on any atom is 0.341 e. The van der Waals surface area contributed by atoms with Crippen LogP contribution >= 0.6 is 0 Å². The lowest BCUT2D eigenvalue weighted by molar-refractivity contribution is 0.0406. The van der Waals surface area contributed by atoms with Gasteiger partial charge in [-0.15, -0.1) is 0 Å². The molecule has 0 saturated heterocycles. The Morgan fingerprint density at radius 3 is 1.94 bits per heavy atom. The van der Waals surface area contributed by atoms with Gasteiger partial charge in [-0.05, 0) is 54.1 Å². The van der Waals surface area contributed by atoms with E-state index >= 15 is 0 Å². The molecule has 0 radical (unpaired) electrons. The van der Waals surface area contributed by atoms with Gasteiger partial charge in [0, 0.05) is 0 Å². The number of esters is 1. The van der Waals surface area contributed by atoms with Gasteiger partial charge in [0.25, 0.3) is 0 Å². The van der Waals surface area contributed by atoms with Crippen molar-refractivity contribution < 1.29 is 14.6 Å². The Hall–Kier alpha value is -1.51. The van der Waals surface area contributed by atoms with Crippen molar-refractivity contribution in [2.45, 2.75) is 113 Å². The Bertz CT molecular complexity index is 651. The molecule has 0 spiro atoms. The minimum atomic E-state index is -0.439. The molecule has 1 aromatic carbocycles. The molecule has 0 aromatic heterocycles. The Kier molecular flexibility index (Phi) is 12.4. The Balaban J connectivity index is 2.61. The summed E-state index contributed by atoms with van der Waals surface area (Å²) in [4.78, 5) is 12.4. The van der Waals surface area contributed by atoms with E-state index in [1.807, 2.05) is 0 Å². The van der Waals surface area contributed by atoms with Gasteiger partial charge < -0.3 is 9.84 Å². The van der Waals surface area contributed by atoms with Gasteiger partial charge in [0.2, 0.25) is 0 Å². The third-order valence-electron chi connectivity index (χ3n) is 7.00. The summed E-state index contributed by atoms with van der Waals surface area (Å²) < 4.78 is 5.55. The molecule has 32 heavy (non-hydrogen) atoms. The van der Waals surface area contributed by atoms with E-state index in [-0.39, 0.29) is 22.1 Å². The molecule has 2 unspecified atom stereocenters. The van der Waals surface area contributed by atoms with Gasteiger partial charge in [0.1, 0.15) is 11.3 Å². The van der Waals surface area contributed by atoms with Gasteiger partial charge in [-0.3, -0.25) is 0 Å². The van der Waals surface area contributed by atoms with Gasteiger partial charge in [0.05, 0.1) is 6.61 Å². The molecule has 0 fully saturated rings. The van der Waals surface area contributed by atoms with E-state index in [0.717, 1.165) is 12.8 Å². The molecule has 0 saturated carbocycles. The summed E-state index contributed by atoms with van der Waals surface area (Å²) in [6.45, 7) is 16.7. The van der Waals surface area contributed by atoms with Gasteiger partial charge in [-0.25, -0.2) is 4.79 Å². The number of hydrogen-bond acceptors (Lipinski definition) is 3. The normalized spacial score (nSPS) is 14.2. The van der Waals surface area contributed by atoms with Crippen LogP contribution in [0.4, 0.5) is 0 Å². The number of para-hydroxylation sites is 1. The standard InChI is InChI=1S/C29H50O3/c1-8-9-10-11-12-13-14-17-23(28(2,3)4)22-24(29(5,6)7)20-21-32-27(31)25-18-15-16-19-26(25)30/h15-16,18-19,23-24,30H,8-14,17,20-22H2,1-7H3. The second-order valence-electron chi connectivity index (χ2n) is 11.7. The minimum Gasteiger partial charge on any atom is -0.507 e. The van der Waals surface area contributed by atoms with Crippen LogP contribution in [0.2, 0.25) is 0 Å². The molecular weight excluding hydrogens is 396 g/mol. The monoisotopic (exact) mass is 446 g/mol. The molecular formula is C29H50O3. The summed E-state index contributed by atoms with van der Waals surface area (Å²) in [5.74, 6) is 0.684. The molecule has 0 heterocycles. The fraction of sp³-hybridized carbons (Fsp3) is 0.759. The Morgan fingerprint density at radius 2 is 1.38 bits per heavy atom. The van der Waals surface area contributed by atoms with Crippen LogP contribution in [-0.2, 0) is 4.74 Å². The van der Waals surface area contributed by atoms with Crippen molar-refractivity contribution in [3.05, 3.63) is 29.8 Å². The van der Waals surface area contributed by atoms with Crippen molar-refractivity contribution in [3.8, 4) is 5.75 Å². The maximum atomic E-state index is 12.4. The topological polar surface area (TPSA) is 46.5 Å². The smallest absolute Gasteiger partial charge is 0.341 e. The summed E-state index contributed by atoms with van der Waals surface area (Å²) in [5.41, 5.74) is 0.676. The van der Waals surface area contributed by atoms with E-state index in [1.165, 1.54) is 57.4 Å². The summed E-state index contributed by atoms with van der Waals surface area (Å²) in [6, 6.07) is 6.58. The Labute approximate surface area is 198 Å². The molecule has 0 aliphatic heterocycles. The van der Waals surface area contributed by atoms with Crippen LogP contribution in [0, 0.1) is 22.7 Å². The highest BCUT2D eigenvalue weighted by Gasteiger charge is 2.32. The molecule has 184 valence electrons. The number of phenols is 1. The molecule has 3 heteroatoms. The summed E-state index contributed by atoms with van der Waals surface area (Å²) in [7, 11) is 0. The van der Waals surface area contributed by atoms with Gasteiger partial charge >= 0.3 is 5.97 Å². The highest BCUT2D eigenvalue weighted by atomic mass is 16.5. The Morgan fingerprint density at radius 1 is 0.844 bits per heavy atom. The SMILES string of the molecule is CCCCCCCCCC(CC(CCOC(=O)c1ccccc1O)C(C)(C)C)C(C)(C)C. The molecule has 1 aromatic rings. The lowest BCUT2D eigenvalue weighted by atomic mass is 9.67. The zero-order valence-electron chi connectivity index (χ0n) is 22.0. The van der Waals surface area contributed by atoms with E-state index in [4.69, 9.17) is 4.74 Å². The highest BCUT2D eigenvalue weighted by molar-refractivity contribution is 5.92. The zero-order valence-corrected chi connectivity index (χ0v) is 22.0. The van der Waals surface area contributed by atoms with Gasteiger partial charge in [-0.1, -0.05) is 106 Å². The first-order chi connectivity index (χ1) is 15.0. The molecule has 1 N–H and O–H groups in total. The molecule has 0 bridgehead atoms. The van der Waals surface area contributed by atoms with E-state index in [2.05, 4.69) is 48.5 Å². The summed E-state index contributed by atoms with van der Waals surface area (Å²) >= 11 is 0. The molecule has 3 nitrogen and oxygen atoms in total. The molecule has 0 aliphatic rings. The number of unbranched alkanes of at least 4 members (excludes halogenated alkanes) is 6. The average molecular weight is 447 g/mol. The molecule has 1 rings (SSSR count). The first kappa shape index (κ1) is 28.5. The number of rotatable bonds is 14. The fourth-order valence-corrected chi connectivity index (χ4v) is 4.52. The van der Waals surface area contributed by atoms with Gasteiger partial charge in [-0.2, -0.15) is 0 Å². The van der Waals surface area contributed by atoms with E-state index in [9.17, 15) is 9.90 Å². The van der Waals surface area contributed by atoms with E-state index in [0.29, 0.717) is 18.4 Å². The van der Waals surface area contributed by atoms with E-state index < -0.39 is 5.97 Å². The number of benzene rings is 1. The van der Waals surface area contributed by atoms with Crippen molar-refractivity contribution in [3.63, 3.8) is 0 Å². The number of carbonyl (C=O) groups is 1. The fourth-order valence-electron chi connectivity index (χ4n) is 4.52. The van der Waals surface area contributed by atoms with Crippen molar-refractivity contribution in [1.82, 2.24) is 0 Å². The second-order valence-corrected chi connectivity index (χ2v) is 11.7. The average Bonchev–Trinajstić information content (AvgIpc) is 2.69. The number of ether oxygens (including phenoxy) is 1. The predicted molar refractivity (Wildman–Crippen MR) is 136 cm³/mol. The minimum absolute atomic E-state index is 0.0210. The number of phenolic OH excluding ortho intramolecular Hbond substituents is 1. The van der Waals surface area contributed by atoms with Crippen LogP contribution < -0.4 is 0 Å². The predicted octanol–water partition coefficient (Wildman–Crippen LogP) is 8.79. The highest BCUT2D eigenvalue weighted by Crippen LogP contribution is 2.41. The maximum absolute atomic E-state index is 12.4. The van der Waals surface area contributed by atoms with Crippen molar-refractivity contribution in [2.75, 3.05) is 6.61 Å². The quantitative estimate of drug-likeness (QED) is 0.229. The molecule has 0 amide bonds. The van der Waals surface area contributed by atoms with Crippen molar-refractivity contribution >= 4 is 5.97 Å². The van der Waals surface area contributed by atoms with E-state index in [1.54, 1.807) is 18.2 Å². The van der Waals surface area contributed by atoms with Crippen molar-refractivity contribution in [2.24, 2.45) is 22.7 Å². The van der Waals surface area contributed by atoms with Crippen LogP contribution in [0.25, 0.3) is 0 Å². The second kappa shape index (κ2) is 13.9. The first-order valence-electron chi connectivity index (χ1n) is 12.9.